The SMILES string of the molecule is CC(C)(C)n1cc(C(=O)Nc2cccc(C(=O)O)c2)cn1. The van der Waals surface area contributed by atoms with Gasteiger partial charge in [0.15, 0.2) is 0 Å². The number of benzene rings is 1. The second kappa shape index (κ2) is 5.40. The van der Waals surface area contributed by atoms with Crippen LogP contribution in [0.25, 0.3) is 0 Å². The Morgan fingerprint density at radius 2 is 1.95 bits per heavy atom. The van der Waals surface area contributed by atoms with E-state index in [1.54, 1.807) is 23.0 Å². The van der Waals surface area contributed by atoms with Crippen molar-refractivity contribution in [1.82, 2.24) is 9.78 Å². The van der Waals surface area contributed by atoms with Crippen molar-refractivity contribution < 1.29 is 14.7 Å². The number of hydrogen-bond acceptors (Lipinski definition) is 3. The summed E-state index contributed by atoms with van der Waals surface area (Å²) >= 11 is 0. The summed E-state index contributed by atoms with van der Waals surface area (Å²) in [7, 11) is 0. The predicted molar refractivity (Wildman–Crippen MR) is 78.6 cm³/mol. The molecule has 0 bridgehead atoms. The van der Waals surface area contributed by atoms with Crippen LogP contribution >= 0.6 is 0 Å². The van der Waals surface area contributed by atoms with Gasteiger partial charge in [0.05, 0.1) is 22.9 Å². The molecule has 1 heterocycles. The minimum absolute atomic E-state index is 0.123. The van der Waals surface area contributed by atoms with Crippen molar-refractivity contribution >= 4 is 17.6 Å². The lowest BCUT2D eigenvalue weighted by Gasteiger charge is -2.18. The number of nitrogens with one attached hydrogen (secondary N) is 1. The van der Waals surface area contributed by atoms with E-state index in [9.17, 15) is 9.59 Å². The lowest BCUT2D eigenvalue weighted by atomic mass is 10.1. The summed E-state index contributed by atoms with van der Waals surface area (Å²) in [6.07, 6.45) is 3.15. The van der Waals surface area contributed by atoms with Crippen molar-refractivity contribution in [1.29, 1.82) is 0 Å². The number of amides is 1. The molecule has 0 saturated carbocycles. The standard InChI is InChI=1S/C15H17N3O3/c1-15(2,3)18-9-11(8-16-18)13(19)17-12-6-4-5-10(7-12)14(20)21/h4-9H,1-3H3,(H,17,19)(H,20,21). The first-order valence-electron chi connectivity index (χ1n) is 6.47. The quantitative estimate of drug-likeness (QED) is 0.908. The number of carbonyl (C=O) groups is 2. The number of anilines is 1. The maximum atomic E-state index is 12.1. The molecule has 0 atom stereocenters. The molecule has 0 radical (unpaired) electrons. The molecule has 0 saturated heterocycles. The number of hydrogen-bond donors (Lipinski definition) is 2. The van der Waals surface area contributed by atoms with Crippen molar-refractivity contribution in [2.24, 2.45) is 0 Å². The van der Waals surface area contributed by atoms with Crippen LogP contribution in [0.15, 0.2) is 36.7 Å². The molecule has 0 aliphatic carbocycles. The maximum absolute atomic E-state index is 12.1. The second-order valence-corrected chi connectivity index (χ2v) is 5.68. The number of carbonyl (C=O) groups excluding carboxylic acids is 1. The molecule has 2 rings (SSSR count). The molecule has 6 heteroatoms. The molecule has 21 heavy (non-hydrogen) atoms. The Balaban J connectivity index is 2.16. The van der Waals surface area contributed by atoms with Crippen LogP contribution in [0.4, 0.5) is 5.69 Å². The van der Waals surface area contributed by atoms with Gasteiger partial charge in [-0.15, -0.1) is 0 Å². The number of aromatic nitrogens is 2. The monoisotopic (exact) mass is 287 g/mol. The van der Waals surface area contributed by atoms with E-state index in [0.29, 0.717) is 11.3 Å². The summed E-state index contributed by atoms with van der Waals surface area (Å²) in [5.41, 5.74) is 0.772. The van der Waals surface area contributed by atoms with Crippen LogP contribution < -0.4 is 5.32 Å². The minimum atomic E-state index is -1.04. The van der Waals surface area contributed by atoms with E-state index >= 15 is 0 Å². The molecular formula is C15H17N3O3. The Bertz CT molecular complexity index is 683. The van der Waals surface area contributed by atoms with Gasteiger partial charge in [-0.1, -0.05) is 6.07 Å². The van der Waals surface area contributed by atoms with Gasteiger partial charge >= 0.3 is 5.97 Å². The maximum Gasteiger partial charge on any atom is 0.335 e. The third kappa shape index (κ3) is 3.47. The fourth-order valence-corrected chi connectivity index (χ4v) is 1.74. The Hall–Kier alpha value is -2.63. The fourth-order valence-electron chi connectivity index (χ4n) is 1.74. The van der Waals surface area contributed by atoms with Crippen LogP contribution in [0.5, 0.6) is 0 Å². The molecule has 0 spiro atoms. The molecule has 0 aliphatic rings. The van der Waals surface area contributed by atoms with E-state index in [-0.39, 0.29) is 17.0 Å². The summed E-state index contributed by atoms with van der Waals surface area (Å²) in [4.78, 5) is 23.0. The smallest absolute Gasteiger partial charge is 0.335 e. The van der Waals surface area contributed by atoms with Gasteiger partial charge in [0.25, 0.3) is 5.91 Å². The molecule has 110 valence electrons. The van der Waals surface area contributed by atoms with Gasteiger partial charge in [-0.3, -0.25) is 9.48 Å². The fraction of sp³-hybridized carbons (Fsp3) is 0.267. The van der Waals surface area contributed by atoms with Crippen molar-refractivity contribution in [3.8, 4) is 0 Å². The van der Waals surface area contributed by atoms with Crippen LogP contribution in [-0.2, 0) is 5.54 Å². The van der Waals surface area contributed by atoms with E-state index < -0.39 is 5.97 Å². The van der Waals surface area contributed by atoms with E-state index in [2.05, 4.69) is 10.4 Å². The number of carboxylic acids is 1. The largest absolute Gasteiger partial charge is 0.478 e. The first-order valence-corrected chi connectivity index (χ1v) is 6.47. The highest BCUT2D eigenvalue weighted by atomic mass is 16.4. The molecule has 2 aromatic rings. The van der Waals surface area contributed by atoms with Gasteiger partial charge in [-0.25, -0.2) is 4.79 Å². The van der Waals surface area contributed by atoms with E-state index in [4.69, 9.17) is 5.11 Å². The lowest BCUT2D eigenvalue weighted by Crippen LogP contribution is -2.22. The molecule has 0 aliphatic heterocycles. The first-order chi connectivity index (χ1) is 9.77. The lowest BCUT2D eigenvalue weighted by molar-refractivity contribution is 0.0696. The van der Waals surface area contributed by atoms with Crippen LogP contribution in [0, 0.1) is 0 Å². The molecule has 6 nitrogen and oxygen atoms in total. The summed E-state index contributed by atoms with van der Waals surface area (Å²) in [5.74, 6) is -1.36. The number of nitrogens with zero attached hydrogens (tertiary/aromatic N) is 2. The second-order valence-electron chi connectivity index (χ2n) is 5.68. The van der Waals surface area contributed by atoms with E-state index in [1.165, 1.54) is 18.3 Å². The zero-order valence-corrected chi connectivity index (χ0v) is 12.1. The molecule has 1 aromatic carbocycles. The zero-order chi connectivity index (χ0) is 15.6. The molecular weight excluding hydrogens is 270 g/mol. The van der Waals surface area contributed by atoms with Crippen LogP contribution in [-0.4, -0.2) is 26.8 Å². The summed E-state index contributed by atoms with van der Waals surface area (Å²) in [6.45, 7) is 5.95. The topological polar surface area (TPSA) is 84.2 Å². The number of rotatable bonds is 3. The van der Waals surface area contributed by atoms with Gasteiger partial charge in [0, 0.05) is 11.9 Å². The van der Waals surface area contributed by atoms with Crippen LogP contribution in [0.2, 0.25) is 0 Å². The first kappa shape index (κ1) is 14.8. The van der Waals surface area contributed by atoms with E-state index in [0.717, 1.165) is 0 Å². The Morgan fingerprint density at radius 3 is 2.52 bits per heavy atom. The van der Waals surface area contributed by atoms with Crippen molar-refractivity contribution in [3.63, 3.8) is 0 Å². The highest BCUT2D eigenvalue weighted by Crippen LogP contribution is 2.15. The zero-order valence-electron chi connectivity index (χ0n) is 12.1. The Kier molecular flexibility index (Phi) is 3.80. The Morgan fingerprint density at radius 1 is 1.24 bits per heavy atom. The molecule has 1 aromatic heterocycles. The third-order valence-corrected chi connectivity index (χ3v) is 2.90. The van der Waals surface area contributed by atoms with Gasteiger partial charge < -0.3 is 10.4 Å². The van der Waals surface area contributed by atoms with Gasteiger partial charge in [0.1, 0.15) is 0 Å². The highest BCUT2D eigenvalue weighted by molar-refractivity contribution is 6.04. The summed E-state index contributed by atoms with van der Waals surface area (Å²) < 4.78 is 1.70. The molecule has 0 fully saturated rings. The summed E-state index contributed by atoms with van der Waals surface area (Å²) in [5, 5.41) is 15.7. The average Bonchev–Trinajstić information content (AvgIpc) is 2.88. The van der Waals surface area contributed by atoms with E-state index in [1.807, 2.05) is 20.8 Å². The van der Waals surface area contributed by atoms with Gasteiger partial charge in [-0.2, -0.15) is 5.10 Å². The van der Waals surface area contributed by atoms with Crippen molar-refractivity contribution in [2.45, 2.75) is 26.3 Å². The normalized spacial score (nSPS) is 11.2. The Labute approximate surface area is 122 Å². The van der Waals surface area contributed by atoms with Crippen LogP contribution in [0.3, 0.4) is 0 Å². The highest BCUT2D eigenvalue weighted by Gasteiger charge is 2.17. The average molecular weight is 287 g/mol. The predicted octanol–water partition coefficient (Wildman–Crippen LogP) is 2.59. The minimum Gasteiger partial charge on any atom is -0.478 e. The molecule has 2 N–H and O–H groups in total. The van der Waals surface area contributed by atoms with Crippen molar-refractivity contribution in [3.05, 3.63) is 47.8 Å². The van der Waals surface area contributed by atoms with Crippen molar-refractivity contribution in [2.75, 3.05) is 5.32 Å². The third-order valence-electron chi connectivity index (χ3n) is 2.90. The van der Waals surface area contributed by atoms with Gasteiger partial charge in [0.2, 0.25) is 0 Å². The molecule has 1 amide bonds. The molecule has 0 unspecified atom stereocenters. The summed E-state index contributed by atoms with van der Waals surface area (Å²) in [6, 6.07) is 6.10. The van der Waals surface area contributed by atoms with Gasteiger partial charge in [-0.05, 0) is 39.0 Å². The van der Waals surface area contributed by atoms with Crippen LogP contribution in [0.1, 0.15) is 41.5 Å². The number of aromatic carboxylic acids is 1. The number of carboxylic acid groups (broad SMARTS) is 1.